The SMILES string of the molecule is COC(/C=N/Cc1ccccc1)OC. The quantitative estimate of drug-likeness (QED) is 0.528. The summed E-state index contributed by atoms with van der Waals surface area (Å²) in [7, 11) is 3.17. The summed E-state index contributed by atoms with van der Waals surface area (Å²) in [5, 5.41) is 0. The van der Waals surface area contributed by atoms with Crippen LogP contribution in [0.25, 0.3) is 0 Å². The number of aliphatic imine (C=N–C) groups is 1. The van der Waals surface area contributed by atoms with Crippen LogP contribution in [-0.2, 0) is 16.0 Å². The lowest BCUT2D eigenvalue weighted by Gasteiger charge is -2.06. The molecule has 3 nitrogen and oxygen atoms in total. The van der Waals surface area contributed by atoms with Crippen LogP contribution in [-0.4, -0.2) is 26.7 Å². The minimum atomic E-state index is -0.348. The molecule has 0 fully saturated rings. The molecule has 0 aliphatic heterocycles. The first-order valence-electron chi connectivity index (χ1n) is 4.46. The first-order valence-corrected chi connectivity index (χ1v) is 4.46. The summed E-state index contributed by atoms with van der Waals surface area (Å²) in [5.41, 5.74) is 1.18. The molecule has 0 aromatic heterocycles. The molecule has 0 N–H and O–H groups in total. The number of hydrogen-bond donors (Lipinski definition) is 0. The maximum atomic E-state index is 4.97. The highest BCUT2D eigenvalue weighted by atomic mass is 16.7. The van der Waals surface area contributed by atoms with Crippen molar-refractivity contribution in [1.82, 2.24) is 0 Å². The zero-order valence-corrected chi connectivity index (χ0v) is 8.51. The molecule has 0 spiro atoms. The van der Waals surface area contributed by atoms with Crippen LogP contribution in [0.4, 0.5) is 0 Å². The Morgan fingerprint density at radius 2 is 1.86 bits per heavy atom. The van der Waals surface area contributed by atoms with Gasteiger partial charge in [-0.25, -0.2) is 0 Å². The molecule has 1 aromatic rings. The lowest BCUT2D eigenvalue weighted by Crippen LogP contribution is -2.14. The van der Waals surface area contributed by atoms with Gasteiger partial charge in [-0.1, -0.05) is 30.3 Å². The van der Waals surface area contributed by atoms with E-state index in [1.807, 2.05) is 30.3 Å². The van der Waals surface area contributed by atoms with Gasteiger partial charge < -0.3 is 9.47 Å². The molecule has 14 heavy (non-hydrogen) atoms. The maximum absolute atomic E-state index is 4.97. The molecule has 0 bridgehead atoms. The van der Waals surface area contributed by atoms with Crippen molar-refractivity contribution in [3.63, 3.8) is 0 Å². The van der Waals surface area contributed by atoms with Gasteiger partial charge in [0.25, 0.3) is 0 Å². The van der Waals surface area contributed by atoms with E-state index in [-0.39, 0.29) is 6.29 Å². The van der Waals surface area contributed by atoms with E-state index >= 15 is 0 Å². The molecule has 76 valence electrons. The molecule has 0 radical (unpaired) electrons. The fraction of sp³-hybridized carbons (Fsp3) is 0.364. The number of ether oxygens (including phenoxy) is 2. The topological polar surface area (TPSA) is 30.8 Å². The van der Waals surface area contributed by atoms with Gasteiger partial charge in [-0.15, -0.1) is 0 Å². The Hall–Kier alpha value is -1.19. The van der Waals surface area contributed by atoms with Crippen LogP contribution in [0.15, 0.2) is 35.3 Å². The van der Waals surface area contributed by atoms with E-state index in [0.29, 0.717) is 6.54 Å². The molecule has 1 aromatic carbocycles. The van der Waals surface area contributed by atoms with Crippen LogP contribution >= 0.6 is 0 Å². The van der Waals surface area contributed by atoms with Crippen LogP contribution in [0.1, 0.15) is 5.56 Å². The molecule has 0 heterocycles. The normalized spacial score (nSPS) is 11.4. The van der Waals surface area contributed by atoms with E-state index in [2.05, 4.69) is 4.99 Å². The fourth-order valence-electron chi connectivity index (χ4n) is 1.05. The number of hydrogen-bond acceptors (Lipinski definition) is 3. The number of benzene rings is 1. The lowest BCUT2D eigenvalue weighted by molar-refractivity contribution is -0.0485. The Morgan fingerprint density at radius 1 is 1.21 bits per heavy atom. The smallest absolute Gasteiger partial charge is 0.193 e. The van der Waals surface area contributed by atoms with E-state index in [1.54, 1.807) is 20.4 Å². The predicted octanol–water partition coefficient (Wildman–Crippen LogP) is 1.88. The second-order valence-electron chi connectivity index (χ2n) is 2.82. The summed E-state index contributed by atoms with van der Waals surface area (Å²) >= 11 is 0. The van der Waals surface area contributed by atoms with Gasteiger partial charge in [0.1, 0.15) is 0 Å². The largest absolute Gasteiger partial charge is 0.351 e. The zero-order valence-electron chi connectivity index (χ0n) is 8.51. The molecule has 0 saturated heterocycles. The molecule has 0 unspecified atom stereocenters. The van der Waals surface area contributed by atoms with Gasteiger partial charge >= 0.3 is 0 Å². The monoisotopic (exact) mass is 193 g/mol. The van der Waals surface area contributed by atoms with Crippen LogP contribution < -0.4 is 0 Å². The van der Waals surface area contributed by atoms with Crippen LogP contribution in [0.5, 0.6) is 0 Å². The summed E-state index contributed by atoms with van der Waals surface area (Å²) in [4.78, 5) is 4.21. The van der Waals surface area contributed by atoms with Gasteiger partial charge in [0.2, 0.25) is 0 Å². The summed E-state index contributed by atoms with van der Waals surface area (Å²) in [6.45, 7) is 0.657. The van der Waals surface area contributed by atoms with Crippen LogP contribution in [0.2, 0.25) is 0 Å². The number of nitrogens with zero attached hydrogens (tertiary/aromatic N) is 1. The molecule has 3 heteroatoms. The summed E-state index contributed by atoms with van der Waals surface area (Å²) < 4.78 is 9.93. The summed E-state index contributed by atoms with van der Waals surface area (Å²) in [6, 6.07) is 10.0. The van der Waals surface area contributed by atoms with Gasteiger partial charge in [-0.05, 0) is 5.56 Å². The van der Waals surface area contributed by atoms with Crippen molar-refractivity contribution in [3.8, 4) is 0 Å². The first-order chi connectivity index (χ1) is 6.86. The van der Waals surface area contributed by atoms with E-state index in [0.717, 1.165) is 0 Å². The summed E-state index contributed by atoms with van der Waals surface area (Å²) in [6.07, 6.45) is 1.31. The molecular weight excluding hydrogens is 178 g/mol. The van der Waals surface area contributed by atoms with Crippen molar-refractivity contribution in [3.05, 3.63) is 35.9 Å². The van der Waals surface area contributed by atoms with Crippen molar-refractivity contribution in [1.29, 1.82) is 0 Å². The van der Waals surface area contributed by atoms with Crippen LogP contribution in [0, 0.1) is 0 Å². The van der Waals surface area contributed by atoms with Gasteiger partial charge in [-0.2, -0.15) is 0 Å². The minimum absolute atomic E-state index is 0.348. The third-order valence-electron chi connectivity index (χ3n) is 1.81. The highest BCUT2D eigenvalue weighted by Crippen LogP contribution is 1.99. The molecular formula is C11H15NO2. The predicted molar refractivity (Wildman–Crippen MR) is 56.4 cm³/mol. The Morgan fingerprint density at radius 3 is 2.43 bits per heavy atom. The zero-order chi connectivity index (χ0) is 10.2. The summed E-state index contributed by atoms with van der Waals surface area (Å²) in [5.74, 6) is 0. The van der Waals surface area contributed by atoms with Crippen LogP contribution in [0.3, 0.4) is 0 Å². The van der Waals surface area contributed by atoms with Gasteiger partial charge in [0.05, 0.1) is 12.8 Å². The standard InChI is InChI=1S/C11H15NO2/c1-13-11(14-2)9-12-8-10-6-4-3-5-7-10/h3-7,9,11H,8H2,1-2H3/b12-9+. The fourth-order valence-corrected chi connectivity index (χ4v) is 1.05. The third kappa shape index (κ3) is 3.68. The first kappa shape index (κ1) is 10.9. The lowest BCUT2D eigenvalue weighted by atomic mass is 10.2. The van der Waals surface area contributed by atoms with E-state index < -0.39 is 0 Å². The Bertz CT molecular complexity index is 268. The second-order valence-corrected chi connectivity index (χ2v) is 2.82. The number of methoxy groups -OCH3 is 2. The van der Waals surface area contributed by atoms with E-state index in [4.69, 9.17) is 9.47 Å². The highest BCUT2D eigenvalue weighted by molar-refractivity contribution is 5.61. The Balaban J connectivity index is 2.40. The Kier molecular flexibility index (Phi) is 4.89. The molecule has 0 amide bonds. The average Bonchev–Trinajstić information content (AvgIpc) is 2.26. The molecule has 0 atom stereocenters. The third-order valence-corrected chi connectivity index (χ3v) is 1.81. The van der Waals surface area contributed by atoms with Gasteiger partial charge in [0.15, 0.2) is 6.29 Å². The molecule has 0 aliphatic carbocycles. The van der Waals surface area contributed by atoms with Gasteiger partial charge in [-0.3, -0.25) is 4.99 Å². The van der Waals surface area contributed by atoms with E-state index in [1.165, 1.54) is 5.56 Å². The van der Waals surface area contributed by atoms with Crippen molar-refractivity contribution < 1.29 is 9.47 Å². The molecule has 0 aliphatic rings. The molecule has 0 saturated carbocycles. The van der Waals surface area contributed by atoms with Crippen molar-refractivity contribution >= 4 is 6.21 Å². The Labute approximate surface area is 84.4 Å². The molecule has 1 rings (SSSR count). The van der Waals surface area contributed by atoms with Crippen molar-refractivity contribution in [2.24, 2.45) is 4.99 Å². The van der Waals surface area contributed by atoms with Crippen molar-refractivity contribution in [2.75, 3.05) is 14.2 Å². The second kappa shape index (κ2) is 6.29. The average molecular weight is 193 g/mol. The van der Waals surface area contributed by atoms with Crippen molar-refractivity contribution in [2.45, 2.75) is 12.8 Å². The van der Waals surface area contributed by atoms with E-state index in [9.17, 15) is 0 Å². The minimum Gasteiger partial charge on any atom is -0.351 e. The van der Waals surface area contributed by atoms with Gasteiger partial charge in [0, 0.05) is 14.2 Å². The number of rotatable bonds is 5. The maximum Gasteiger partial charge on any atom is 0.193 e. The highest BCUT2D eigenvalue weighted by Gasteiger charge is 1.97.